The molecule has 1 aliphatic heterocycles. The van der Waals surface area contributed by atoms with Crippen LogP contribution in [0.3, 0.4) is 0 Å². The molecule has 0 aromatic carbocycles. The Kier molecular flexibility index (Phi) is 45.9. The zero-order valence-corrected chi connectivity index (χ0v) is 46.4. The second-order valence-electron chi connectivity index (χ2n) is 20.9. The Labute approximate surface area is 435 Å². The number of hydrogen-bond donors (Lipinski definition) is 6. The van der Waals surface area contributed by atoms with Crippen LogP contribution in [0.15, 0.2) is 24.3 Å². The van der Waals surface area contributed by atoms with Crippen LogP contribution < -0.4 is 5.32 Å². The van der Waals surface area contributed by atoms with Gasteiger partial charge in [-0.1, -0.05) is 256 Å². The lowest BCUT2D eigenvalue weighted by Gasteiger charge is -2.41. The Hall–Kier alpha value is -1.42. The van der Waals surface area contributed by atoms with Crippen LogP contribution in [0.2, 0.25) is 0 Å². The molecule has 1 aliphatic rings. The van der Waals surface area contributed by atoms with Gasteiger partial charge < -0.3 is 35.2 Å². The number of aliphatic hydroxyl groups excluding tert-OH is 4. The van der Waals surface area contributed by atoms with Gasteiger partial charge >= 0.3 is 10.4 Å². The number of allylic oxidation sites excluding steroid dienone is 3. The van der Waals surface area contributed by atoms with Gasteiger partial charge in [0.2, 0.25) is 5.91 Å². The van der Waals surface area contributed by atoms with Crippen molar-refractivity contribution >= 4 is 16.3 Å². The molecule has 420 valence electrons. The van der Waals surface area contributed by atoms with Crippen molar-refractivity contribution in [3.05, 3.63) is 24.3 Å². The summed E-state index contributed by atoms with van der Waals surface area (Å²) < 4.78 is 47.8. The number of nitrogens with one attached hydrogen (secondary N) is 1. The minimum absolute atomic E-state index is 0.259. The Morgan fingerprint density at radius 1 is 0.549 bits per heavy atom. The molecule has 1 amide bonds. The van der Waals surface area contributed by atoms with Crippen LogP contribution >= 0.6 is 0 Å². The summed E-state index contributed by atoms with van der Waals surface area (Å²) in [5.41, 5.74) is 0. The SMILES string of the molecule is CCCCCCCCCCCCCC/C=C\CCCCCCCCCCCCCCCC(=O)NC(COC1OC(CO)C(O)C(OS(=O)(=O)O)C1O)C(O)/C=C/CCCCCCCCCCCCCCC. The first-order valence-corrected chi connectivity index (χ1v) is 31.1. The van der Waals surface area contributed by atoms with Gasteiger partial charge in [0.1, 0.15) is 24.4 Å². The predicted molar refractivity (Wildman–Crippen MR) is 292 cm³/mol. The molecule has 0 bridgehead atoms. The second-order valence-corrected chi connectivity index (χ2v) is 22.0. The monoisotopic (exact) mass is 1030 g/mol. The highest BCUT2D eigenvalue weighted by atomic mass is 32.3. The number of unbranched alkanes of at least 4 members (excludes halogenated alkanes) is 38. The Morgan fingerprint density at radius 3 is 1.27 bits per heavy atom. The number of amides is 1. The van der Waals surface area contributed by atoms with Gasteiger partial charge in [0.25, 0.3) is 0 Å². The van der Waals surface area contributed by atoms with Gasteiger partial charge in [-0.05, 0) is 44.9 Å². The fourth-order valence-electron chi connectivity index (χ4n) is 9.63. The summed E-state index contributed by atoms with van der Waals surface area (Å²) in [5, 5.41) is 44.9. The number of hydrogen-bond acceptors (Lipinski definition) is 10. The quantitative estimate of drug-likeness (QED) is 0.0193. The third kappa shape index (κ3) is 40.6. The van der Waals surface area contributed by atoms with Crippen molar-refractivity contribution in [2.75, 3.05) is 13.2 Å². The topological polar surface area (TPSA) is 192 Å². The van der Waals surface area contributed by atoms with Crippen molar-refractivity contribution in [1.29, 1.82) is 0 Å². The molecular formula is C58H111NO11S. The Balaban J connectivity index is 2.29. The molecule has 0 saturated carbocycles. The highest BCUT2D eigenvalue weighted by molar-refractivity contribution is 7.80. The maximum absolute atomic E-state index is 13.1. The van der Waals surface area contributed by atoms with Gasteiger partial charge in [-0.3, -0.25) is 9.35 Å². The molecule has 0 aromatic heterocycles. The number of aliphatic hydroxyl groups is 4. The number of carbonyl (C=O) groups is 1. The lowest BCUT2D eigenvalue weighted by molar-refractivity contribution is -0.298. The average molecular weight is 1030 g/mol. The highest BCUT2D eigenvalue weighted by Gasteiger charge is 2.48. The van der Waals surface area contributed by atoms with Gasteiger partial charge in [0.05, 0.1) is 25.4 Å². The van der Waals surface area contributed by atoms with E-state index in [0.29, 0.717) is 6.42 Å². The van der Waals surface area contributed by atoms with E-state index < -0.39 is 59.9 Å². The smallest absolute Gasteiger partial charge is 0.394 e. The number of carbonyl (C=O) groups excluding carboxylic acids is 1. The van der Waals surface area contributed by atoms with Gasteiger partial charge in [-0.15, -0.1) is 0 Å². The standard InChI is InChI=1S/C58H111NO11S/c1-3-5-7-9-11-13-15-17-19-20-21-22-23-24-25-26-27-28-29-30-31-32-34-36-38-40-42-44-46-48-54(62)59-51(50-68-58-56(64)57(70-71(65,66)67)55(63)53(49-60)69-58)52(61)47-45-43-41-39-37-35-33-18-16-14-12-10-8-6-4-2/h24-25,45,47,51-53,55-58,60-61,63-64H,3-23,26-44,46,48-50H2,1-2H3,(H,59,62)(H,65,66,67)/b25-24-,47-45+. The normalized spacial score (nSPS) is 19.6. The second kappa shape index (κ2) is 48.2. The van der Waals surface area contributed by atoms with Gasteiger partial charge in [0.15, 0.2) is 6.29 Å². The van der Waals surface area contributed by atoms with E-state index in [9.17, 15) is 38.2 Å². The molecule has 0 radical (unpaired) electrons. The molecule has 1 fully saturated rings. The molecule has 13 heteroatoms. The third-order valence-electron chi connectivity index (χ3n) is 14.2. The zero-order valence-electron chi connectivity index (χ0n) is 45.6. The van der Waals surface area contributed by atoms with Crippen molar-refractivity contribution in [1.82, 2.24) is 5.32 Å². The molecule has 1 saturated heterocycles. The maximum atomic E-state index is 13.1. The molecule has 12 nitrogen and oxygen atoms in total. The molecule has 7 atom stereocenters. The molecular weight excluding hydrogens is 919 g/mol. The van der Waals surface area contributed by atoms with E-state index in [-0.39, 0.29) is 18.9 Å². The van der Waals surface area contributed by atoms with Crippen LogP contribution in [-0.2, 0) is 28.9 Å². The van der Waals surface area contributed by atoms with E-state index in [2.05, 4.69) is 35.5 Å². The molecule has 0 spiro atoms. The largest absolute Gasteiger partial charge is 0.397 e. The lowest BCUT2D eigenvalue weighted by Crippen LogP contribution is -2.61. The molecule has 71 heavy (non-hydrogen) atoms. The third-order valence-corrected chi connectivity index (χ3v) is 14.7. The molecule has 1 rings (SSSR count). The molecule has 6 N–H and O–H groups in total. The summed E-state index contributed by atoms with van der Waals surface area (Å²) in [6.07, 6.45) is 50.9. The summed E-state index contributed by atoms with van der Waals surface area (Å²) in [7, 11) is -5.09. The molecule has 1 heterocycles. The molecule has 0 aromatic rings. The van der Waals surface area contributed by atoms with E-state index in [0.717, 1.165) is 38.5 Å². The first-order valence-electron chi connectivity index (χ1n) is 29.7. The highest BCUT2D eigenvalue weighted by Crippen LogP contribution is 2.26. The van der Waals surface area contributed by atoms with Crippen molar-refractivity contribution in [3.63, 3.8) is 0 Å². The van der Waals surface area contributed by atoms with E-state index in [1.807, 2.05) is 6.08 Å². The van der Waals surface area contributed by atoms with E-state index in [1.165, 1.54) is 218 Å². The fourth-order valence-corrected chi connectivity index (χ4v) is 10.1. The predicted octanol–water partition coefficient (Wildman–Crippen LogP) is 14.0. The maximum Gasteiger partial charge on any atom is 0.397 e. The first-order chi connectivity index (χ1) is 34.5. The summed E-state index contributed by atoms with van der Waals surface area (Å²) >= 11 is 0. The molecule has 0 aliphatic carbocycles. The van der Waals surface area contributed by atoms with Crippen LogP contribution in [-0.4, -0.2) is 95.4 Å². The molecule has 7 unspecified atom stereocenters. The van der Waals surface area contributed by atoms with Gasteiger partial charge in [-0.2, -0.15) is 8.42 Å². The fraction of sp³-hybridized carbons (Fsp3) is 0.914. The van der Waals surface area contributed by atoms with Crippen molar-refractivity contribution in [2.24, 2.45) is 0 Å². The van der Waals surface area contributed by atoms with Crippen LogP contribution in [0.5, 0.6) is 0 Å². The first kappa shape index (κ1) is 67.6. The van der Waals surface area contributed by atoms with E-state index in [1.54, 1.807) is 6.08 Å². The number of rotatable bonds is 52. The summed E-state index contributed by atoms with van der Waals surface area (Å²) in [5.74, 6) is -0.259. The van der Waals surface area contributed by atoms with Crippen molar-refractivity contribution in [3.8, 4) is 0 Å². The Bertz CT molecular complexity index is 1350. The summed E-state index contributed by atoms with van der Waals surface area (Å²) in [6.45, 7) is 3.43. The summed E-state index contributed by atoms with van der Waals surface area (Å²) in [4.78, 5) is 13.1. The lowest BCUT2D eigenvalue weighted by atomic mass is 9.99. The Morgan fingerprint density at radius 2 is 0.901 bits per heavy atom. The van der Waals surface area contributed by atoms with E-state index in [4.69, 9.17) is 9.47 Å². The van der Waals surface area contributed by atoms with Gasteiger partial charge in [-0.25, -0.2) is 4.18 Å². The van der Waals surface area contributed by atoms with Crippen LogP contribution in [0.4, 0.5) is 0 Å². The van der Waals surface area contributed by atoms with Crippen LogP contribution in [0.1, 0.15) is 284 Å². The minimum atomic E-state index is -5.09. The zero-order chi connectivity index (χ0) is 51.9. The number of ether oxygens (including phenoxy) is 2. The van der Waals surface area contributed by atoms with E-state index >= 15 is 0 Å². The van der Waals surface area contributed by atoms with Gasteiger partial charge in [0, 0.05) is 6.42 Å². The summed E-state index contributed by atoms with van der Waals surface area (Å²) in [6, 6.07) is -0.942. The minimum Gasteiger partial charge on any atom is -0.394 e. The average Bonchev–Trinajstić information content (AvgIpc) is 3.34. The van der Waals surface area contributed by atoms with Crippen LogP contribution in [0.25, 0.3) is 0 Å². The van der Waals surface area contributed by atoms with Crippen LogP contribution in [0, 0.1) is 0 Å². The van der Waals surface area contributed by atoms with Crippen molar-refractivity contribution in [2.45, 2.75) is 326 Å². The van der Waals surface area contributed by atoms with Crippen molar-refractivity contribution < 1.29 is 51.8 Å².